The summed E-state index contributed by atoms with van der Waals surface area (Å²) in [6.07, 6.45) is 2.28. The highest BCUT2D eigenvalue weighted by Gasteiger charge is 2.33. The lowest BCUT2D eigenvalue weighted by Gasteiger charge is -2.40. The van der Waals surface area contributed by atoms with E-state index in [2.05, 4.69) is 26.8 Å². The largest absolute Gasteiger partial charge is 0.352 e. The molecule has 0 radical (unpaired) electrons. The van der Waals surface area contributed by atoms with Gasteiger partial charge in [-0.05, 0) is 80.2 Å². The maximum absolute atomic E-state index is 12.7. The number of thiophene rings is 1. The number of hydrogen-bond donors (Lipinski definition) is 2. The first-order valence-electron chi connectivity index (χ1n) is 11.2. The van der Waals surface area contributed by atoms with E-state index in [0.29, 0.717) is 24.2 Å². The zero-order chi connectivity index (χ0) is 24.9. The number of pyridine rings is 1. The molecule has 2 aromatic rings. The summed E-state index contributed by atoms with van der Waals surface area (Å²) >= 11 is 13.6. The maximum atomic E-state index is 12.7. The molecule has 2 N–H and O–H groups in total. The van der Waals surface area contributed by atoms with Crippen molar-refractivity contribution in [2.75, 3.05) is 26.7 Å². The first kappa shape index (κ1) is 27.3. The van der Waals surface area contributed by atoms with Gasteiger partial charge in [-0.1, -0.05) is 23.2 Å². The molecule has 8 nitrogen and oxygen atoms in total. The normalized spacial score (nSPS) is 16.6. The standard InChI is InChI=1S/C22H31Cl2N5O3S2/c1-15-12-19(23)27-21(24)20(15)22(30)26-8-4-16(2)28-9-5-18(6-10-28)29(34(31,32)25-3)13-17-7-11-33-14-17/h7,11-12,14,16,18,25H,4-6,8-10,13H2,1-3H3,(H,26,30)/t16-/m1/s1. The van der Waals surface area contributed by atoms with Crippen molar-refractivity contribution in [2.45, 2.75) is 51.7 Å². The van der Waals surface area contributed by atoms with Crippen LogP contribution in [0.3, 0.4) is 0 Å². The van der Waals surface area contributed by atoms with Crippen LogP contribution in [0.15, 0.2) is 22.9 Å². The topological polar surface area (TPSA) is 94.6 Å². The molecule has 3 rings (SSSR count). The van der Waals surface area contributed by atoms with E-state index < -0.39 is 10.2 Å². The predicted octanol–water partition coefficient (Wildman–Crippen LogP) is 3.70. The summed E-state index contributed by atoms with van der Waals surface area (Å²) in [6.45, 7) is 6.37. The summed E-state index contributed by atoms with van der Waals surface area (Å²) < 4.78 is 29.4. The van der Waals surface area contributed by atoms with Gasteiger partial charge in [0.15, 0.2) is 0 Å². The van der Waals surface area contributed by atoms with Crippen molar-refractivity contribution in [3.8, 4) is 0 Å². The minimum absolute atomic E-state index is 0.0528. The van der Waals surface area contributed by atoms with Gasteiger partial charge in [0.2, 0.25) is 0 Å². The van der Waals surface area contributed by atoms with Gasteiger partial charge in [-0.25, -0.2) is 9.71 Å². The highest BCUT2D eigenvalue weighted by atomic mass is 35.5. The van der Waals surface area contributed by atoms with E-state index in [0.717, 1.165) is 37.9 Å². The van der Waals surface area contributed by atoms with Gasteiger partial charge in [-0.3, -0.25) is 4.79 Å². The van der Waals surface area contributed by atoms with Crippen LogP contribution in [-0.4, -0.2) is 67.3 Å². The van der Waals surface area contributed by atoms with Crippen molar-refractivity contribution in [1.29, 1.82) is 0 Å². The molecule has 12 heteroatoms. The molecule has 0 aliphatic carbocycles. The van der Waals surface area contributed by atoms with Crippen LogP contribution in [0.4, 0.5) is 0 Å². The Morgan fingerprint density at radius 3 is 2.65 bits per heavy atom. The zero-order valence-electron chi connectivity index (χ0n) is 19.6. The van der Waals surface area contributed by atoms with Gasteiger partial charge in [-0.2, -0.15) is 24.1 Å². The number of nitrogens with zero attached hydrogens (tertiary/aromatic N) is 3. The molecule has 0 saturated carbocycles. The van der Waals surface area contributed by atoms with Crippen molar-refractivity contribution in [1.82, 2.24) is 24.2 Å². The predicted molar refractivity (Wildman–Crippen MR) is 138 cm³/mol. The number of hydrogen-bond acceptors (Lipinski definition) is 6. The van der Waals surface area contributed by atoms with Gasteiger partial charge >= 0.3 is 0 Å². The molecule has 2 aromatic heterocycles. The van der Waals surface area contributed by atoms with Gasteiger partial charge in [0.05, 0.1) is 5.56 Å². The SMILES string of the molecule is CNS(=O)(=O)N(Cc1ccsc1)C1CCN([C@H](C)CCNC(=O)c2c(C)cc(Cl)nc2Cl)CC1. The Morgan fingerprint density at radius 2 is 2.06 bits per heavy atom. The summed E-state index contributed by atoms with van der Waals surface area (Å²) in [5.41, 5.74) is 2.03. The smallest absolute Gasteiger partial charge is 0.279 e. The Kier molecular flexibility index (Phi) is 9.74. The Balaban J connectivity index is 1.51. The highest BCUT2D eigenvalue weighted by molar-refractivity contribution is 7.87. The Morgan fingerprint density at radius 1 is 1.35 bits per heavy atom. The molecule has 0 spiro atoms. The van der Waals surface area contributed by atoms with E-state index in [9.17, 15) is 13.2 Å². The van der Waals surface area contributed by atoms with Crippen LogP contribution >= 0.6 is 34.5 Å². The van der Waals surface area contributed by atoms with Gasteiger partial charge in [0.1, 0.15) is 10.3 Å². The third-order valence-electron chi connectivity index (χ3n) is 6.23. The van der Waals surface area contributed by atoms with Crippen molar-refractivity contribution in [3.05, 3.63) is 49.9 Å². The van der Waals surface area contributed by atoms with Crippen molar-refractivity contribution >= 4 is 50.7 Å². The fourth-order valence-electron chi connectivity index (χ4n) is 4.24. The summed E-state index contributed by atoms with van der Waals surface area (Å²) in [5, 5.41) is 7.22. The summed E-state index contributed by atoms with van der Waals surface area (Å²) in [4.78, 5) is 18.9. The first-order chi connectivity index (χ1) is 16.1. The molecule has 34 heavy (non-hydrogen) atoms. The molecule has 0 unspecified atom stereocenters. The van der Waals surface area contributed by atoms with Crippen LogP contribution < -0.4 is 10.0 Å². The maximum Gasteiger partial charge on any atom is 0.279 e. The molecular formula is C22H31Cl2N5O3S2. The van der Waals surface area contributed by atoms with Crippen LogP contribution in [0.2, 0.25) is 10.3 Å². The fraction of sp³-hybridized carbons (Fsp3) is 0.545. The Labute approximate surface area is 215 Å². The molecule has 1 aliphatic heterocycles. The molecular weight excluding hydrogens is 517 g/mol. The van der Waals surface area contributed by atoms with E-state index in [1.54, 1.807) is 28.6 Å². The lowest BCUT2D eigenvalue weighted by atomic mass is 10.0. The molecule has 1 atom stereocenters. The molecule has 1 aliphatic rings. The molecule has 188 valence electrons. The van der Waals surface area contributed by atoms with Crippen LogP contribution in [0.25, 0.3) is 0 Å². The molecule has 1 saturated heterocycles. The van der Waals surface area contributed by atoms with E-state index in [4.69, 9.17) is 23.2 Å². The van der Waals surface area contributed by atoms with Gasteiger partial charge in [0.25, 0.3) is 16.1 Å². The quantitative estimate of drug-likeness (QED) is 0.442. The van der Waals surface area contributed by atoms with Crippen LogP contribution in [-0.2, 0) is 16.8 Å². The molecule has 0 bridgehead atoms. The van der Waals surface area contributed by atoms with Crippen LogP contribution in [0.5, 0.6) is 0 Å². The monoisotopic (exact) mass is 547 g/mol. The molecule has 0 aromatic carbocycles. The first-order valence-corrected chi connectivity index (χ1v) is 14.3. The molecule has 1 amide bonds. The summed E-state index contributed by atoms with van der Waals surface area (Å²) in [5.74, 6) is -0.265. The van der Waals surface area contributed by atoms with Crippen molar-refractivity contribution in [3.63, 3.8) is 0 Å². The van der Waals surface area contributed by atoms with E-state index in [-0.39, 0.29) is 28.3 Å². The zero-order valence-corrected chi connectivity index (χ0v) is 22.7. The third kappa shape index (κ3) is 6.90. The lowest BCUT2D eigenvalue weighted by molar-refractivity contribution is 0.0938. The van der Waals surface area contributed by atoms with E-state index in [1.165, 1.54) is 7.05 Å². The number of aryl methyl sites for hydroxylation is 1. The number of halogens is 2. The number of aromatic nitrogens is 1. The molecule has 1 fully saturated rings. The second kappa shape index (κ2) is 12.1. The number of rotatable bonds is 10. The van der Waals surface area contributed by atoms with Crippen LogP contribution in [0, 0.1) is 6.92 Å². The van der Waals surface area contributed by atoms with Crippen molar-refractivity contribution in [2.24, 2.45) is 0 Å². The minimum Gasteiger partial charge on any atom is -0.352 e. The van der Waals surface area contributed by atoms with Gasteiger partial charge in [-0.15, -0.1) is 0 Å². The number of carbonyl (C=O) groups excluding carboxylic acids is 1. The average molecular weight is 549 g/mol. The number of piperidine rings is 1. The fourth-order valence-corrected chi connectivity index (χ4v) is 6.67. The second-order valence-corrected chi connectivity index (χ2v) is 11.8. The highest BCUT2D eigenvalue weighted by Crippen LogP contribution is 2.24. The van der Waals surface area contributed by atoms with Gasteiger partial charge in [0, 0.05) is 32.2 Å². The number of likely N-dealkylation sites (tertiary alicyclic amines) is 1. The molecule has 3 heterocycles. The average Bonchev–Trinajstić information content (AvgIpc) is 3.30. The van der Waals surface area contributed by atoms with Gasteiger partial charge < -0.3 is 10.2 Å². The Hall–Kier alpha value is -1.27. The number of carbonyl (C=O) groups is 1. The van der Waals surface area contributed by atoms with E-state index >= 15 is 0 Å². The Bertz CT molecular complexity index is 1050. The van der Waals surface area contributed by atoms with E-state index in [1.807, 2.05) is 16.8 Å². The van der Waals surface area contributed by atoms with Crippen LogP contribution in [0.1, 0.15) is 47.7 Å². The second-order valence-electron chi connectivity index (χ2n) is 8.47. The number of amides is 1. The number of nitrogens with one attached hydrogen (secondary N) is 2. The summed E-state index contributed by atoms with van der Waals surface area (Å²) in [7, 11) is -2.08. The summed E-state index contributed by atoms with van der Waals surface area (Å²) in [6, 6.07) is 3.77. The lowest BCUT2D eigenvalue weighted by Crippen LogP contribution is -2.51. The van der Waals surface area contributed by atoms with Crippen molar-refractivity contribution < 1.29 is 13.2 Å². The third-order valence-corrected chi connectivity index (χ3v) is 8.99. The minimum atomic E-state index is -3.54.